The third-order valence-corrected chi connectivity index (χ3v) is 4.71. The van der Waals surface area contributed by atoms with Crippen LogP contribution in [0, 0.1) is 0 Å². The van der Waals surface area contributed by atoms with Gasteiger partial charge in [0.25, 0.3) is 5.91 Å². The molecule has 1 amide bonds. The highest BCUT2D eigenvalue weighted by Crippen LogP contribution is 2.32. The van der Waals surface area contributed by atoms with Gasteiger partial charge in [0.1, 0.15) is 10.6 Å². The van der Waals surface area contributed by atoms with E-state index in [-0.39, 0.29) is 11.5 Å². The number of thiazole rings is 1. The summed E-state index contributed by atoms with van der Waals surface area (Å²) in [5, 5.41) is 3.00. The van der Waals surface area contributed by atoms with Crippen molar-refractivity contribution in [3.05, 3.63) is 89.5 Å². The Labute approximate surface area is 158 Å². The lowest BCUT2D eigenvalue weighted by Gasteiger charge is -2.01. The van der Waals surface area contributed by atoms with Crippen molar-refractivity contribution < 1.29 is 14.0 Å². The minimum atomic E-state index is -0.426. The van der Waals surface area contributed by atoms with Gasteiger partial charge in [0.05, 0.1) is 12.0 Å². The summed E-state index contributed by atoms with van der Waals surface area (Å²) in [6, 6.07) is 17.7. The van der Waals surface area contributed by atoms with E-state index in [4.69, 9.17) is 4.42 Å². The van der Waals surface area contributed by atoms with Gasteiger partial charge < -0.3 is 4.42 Å². The van der Waals surface area contributed by atoms with E-state index in [9.17, 15) is 9.59 Å². The quantitative estimate of drug-likeness (QED) is 0.526. The fraction of sp³-hybridized carbons (Fsp3) is 0. The van der Waals surface area contributed by atoms with E-state index in [0.717, 1.165) is 16.9 Å². The van der Waals surface area contributed by atoms with Crippen LogP contribution in [0.4, 0.5) is 5.13 Å². The fourth-order valence-corrected chi connectivity index (χ4v) is 3.43. The second-order valence-electron chi connectivity index (χ2n) is 5.54. The topological polar surface area (TPSA) is 85.1 Å². The number of pyridine rings is 1. The standard InChI is InChI=1S/C20H13N3O3S/c24-17(14-9-4-5-11-21-14)18-16(13-7-2-1-3-8-13)22-20(27-18)23-19(25)15-10-6-12-26-15/h1-12H,(H,22,23,25). The normalized spacial score (nSPS) is 10.5. The summed E-state index contributed by atoms with van der Waals surface area (Å²) >= 11 is 1.11. The summed E-state index contributed by atoms with van der Waals surface area (Å²) < 4.78 is 5.09. The SMILES string of the molecule is O=C(Nc1nc(-c2ccccc2)c(C(=O)c2ccccn2)s1)c1ccco1. The summed E-state index contributed by atoms with van der Waals surface area (Å²) in [4.78, 5) is 34.2. The highest BCUT2D eigenvalue weighted by atomic mass is 32.1. The molecule has 0 spiro atoms. The molecule has 27 heavy (non-hydrogen) atoms. The third-order valence-electron chi connectivity index (χ3n) is 3.74. The Morgan fingerprint density at radius 2 is 1.78 bits per heavy atom. The van der Waals surface area contributed by atoms with Gasteiger partial charge in [-0.15, -0.1) is 0 Å². The Hall–Kier alpha value is -3.58. The lowest BCUT2D eigenvalue weighted by molar-refractivity contribution is 0.0995. The molecule has 0 atom stereocenters. The molecule has 132 valence electrons. The van der Waals surface area contributed by atoms with E-state index in [0.29, 0.717) is 21.4 Å². The van der Waals surface area contributed by atoms with E-state index >= 15 is 0 Å². The number of hydrogen-bond acceptors (Lipinski definition) is 6. The van der Waals surface area contributed by atoms with Crippen LogP contribution >= 0.6 is 11.3 Å². The van der Waals surface area contributed by atoms with E-state index in [1.807, 2.05) is 30.3 Å². The molecule has 3 heterocycles. The number of carbonyl (C=O) groups excluding carboxylic acids is 2. The molecule has 4 rings (SSSR count). The number of amides is 1. The van der Waals surface area contributed by atoms with Crippen LogP contribution < -0.4 is 5.32 Å². The number of nitrogens with one attached hydrogen (secondary N) is 1. The van der Waals surface area contributed by atoms with Crippen LogP contribution in [0.2, 0.25) is 0 Å². The molecular formula is C20H13N3O3S. The maximum absolute atomic E-state index is 12.9. The zero-order chi connectivity index (χ0) is 18.6. The van der Waals surface area contributed by atoms with Crippen molar-refractivity contribution in [2.45, 2.75) is 0 Å². The van der Waals surface area contributed by atoms with Gasteiger partial charge in [-0.2, -0.15) is 0 Å². The molecule has 0 saturated carbocycles. The van der Waals surface area contributed by atoms with Gasteiger partial charge in [-0.25, -0.2) is 4.98 Å². The number of carbonyl (C=O) groups is 2. The van der Waals surface area contributed by atoms with Crippen LogP contribution in [0.25, 0.3) is 11.3 Å². The molecular weight excluding hydrogens is 362 g/mol. The first-order chi connectivity index (χ1) is 13.2. The Kier molecular flexibility index (Phi) is 4.59. The van der Waals surface area contributed by atoms with Crippen molar-refractivity contribution in [2.75, 3.05) is 5.32 Å². The van der Waals surface area contributed by atoms with E-state index < -0.39 is 5.91 Å². The predicted molar refractivity (Wildman–Crippen MR) is 102 cm³/mol. The Bertz CT molecular complexity index is 1070. The van der Waals surface area contributed by atoms with Crippen molar-refractivity contribution in [3.63, 3.8) is 0 Å². The van der Waals surface area contributed by atoms with Crippen molar-refractivity contribution >= 4 is 28.2 Å². The van der Waals surface area contributed by atoms with E-state index in [2.05, 4.69) is 15.3 Å². The molecule has 0 aliphatic carbocycles. The smallest absolute Gasteiger partial charge is 0.293 e. The summed E-state index contributed by atoms with van der Waals surface area (Å²) in [5.41, 5.74) is 1.61. The Morgan fingerprint density at radius 3 is 2.48 bits per heavy atom. The minimum Gasteiger partial charge on any atom is -0.459 e. The molecule has 0 aliphatic heterocycles. The number of nitrogens with zero attached hydrogens (tertiary/aromatic N) is 2. The van der Waals surface area contributed by atoms with E-state index in [1.165, 1.54) is 6.26 Å². The zero-order valence-electron chi connectivity index (χ0n) is 14.0. The van der Waals surface area contributed by atoms with Crippen LogP contribution in [0.5, 0.6) is 0 Å². The van der Waals surface area contributed by atoms with Gasteiger partial charge in [-0.1, -0.05) is 47.7 Å². The third kappa shape index (κ3) is 3.54. The van der Waals surface area contributed by atoms with Gasteiger partial charge in [-0.05, 0) is 24.3 Å². The molecule has 6 nitrogen and oxygen atoms in total. The van der Waals surface area contributed by atoms with Crippen molar-refractivity contribution in [2.24, 2.45) is 0 Å². The van der Waals surface area contributed by atoms with Gasteiger partial charge in [-0.3, -0.25) is 19.9 Å². The molecule has 0 aliphatic rings. The van der Waals surface area contributed by atoms with Gasteiger partial charge in [0, 0.05) is 11.8 Å². The van der Waals surface area contributed by atoms with Crippen molar-refractivity contribution in [3.8, 4) is 11.3 Å². The summed E-state index contributed by atoms with van der Waals surface area (Å²) in [7, 11) is 0. The molecule has 0 fully saturated rings. The lowest BCUT2D eigenvalue weighted by Crippen LogP contribution is -2.10. The highest BCUT2D eigenvalue weighted by molar-refractivity contribution is 7.18. The van der Waals surface area contributed by atoms with Crippen LogP contribution in [0.15, 0.2) is 77.5 Å². The molecule has 0 radical (unpaired) electrons. The Balaban J connectivity index is 1.73. The lowest BCUT2D eigenvalue weighted by atomic mass is 10.1. The largest absolute Gasteiger partial charge is 0.459 e. The number of rotatable bonds is 5. The number of furan rings is 1. The maximum atomic E-state index is 12.9. The van der Waals surface area contributed by atoms with Crippen molar-refractivity contribution in [1.29, 1.82) is 0 Å². The maximum Gasteiger partial charge on any atom is 0.293 e. The molecule has 0 unspecified atom stereocenters. The first kappa shape index (κ1) is 16.9. The van der Waals surface area contributed by atoms with Crippen molar-refractivity contribution in [1.82, 2.24) is 9.97 Å². The average Bonchev–Trinajstić information content (AvgIpc) is 3.39. The molecule has 1 aromatic carbocycles. The van der Waals surface area contributed by atoms with Crippen LogP contribution in [-0.2, 0) is 0 Å². The number of aromatic nitrogens is 2. The monoisotopic (exact) mass is 375 g/mol. The number of anilines is 1. The number of ketones is 1. The summed E-state index contributed by atoms with van der Waals surface area (Å²) in [6.45, 7) is 0. The molecule has 0 bridgehead atoms. The van der Waals surface area contributed by atoms with Crippen LogP contribution in [0.3, 0.4) is 0 Å². The second-order valence-corrected chi connectivity index (χ2v) is 6.54. The van der Waals surface area contributed by atoms with Gasteiger partial charge in [0.15, 0.2) is 10.9 Å². The predicted octanol–water partition coefficient (Wildman–Crippen LogP) is 4.28. The summed E-state index contributed by atoms with van der Waals surface area (Å²) in [5.74, 6) is -0.500. The van der Waals surface area contributed by atoms with Gasteiger partial charge in [0.2, 0.25) is 5.78 Å². The second kappa shape index (κ2) is 7.35. The first-order valence-corrected chi connectivity index (χ1v) is 8.91. The first-order valence-electron chi connectivity index (χ1n) is 8.09. The Morgan fingerprint density at radius 1 is 0.963 bits per heavy atom. The van der Waals surface area contributed by atoms with Crippen LogP contribution in [0.1, 0.15) is 25.9 Å². The number of benzene rings is 1. The molecule has 7 heteroatoms. The average molecular weight is 375 g/mol. The minimum absolute atomic E-state index is 0.170. The van der Waals surface area contributed by atoms with Crippen LogP contribution in [-0.4, -0.2) is 21.7 Å². The molecule has 0 saturated heterocycles. The highest BCUT2D eigenvalue weighted by Gasteiger charge is 2.23. The number of hydrogen-bond donors (Lipinski definition) is 1. The molecule has 4 aromatic rings. The molecule has 3 aromatic heterocycles. The van der Waals surface area contributed by atoms with E-state index in [1.54, 1.807) is 36.5 Å². The zero-order valence-corrected chi connectivity index (χ0v) is 14.8. The summed E-state index contributed by atoms with van der Waals surface area (Å²) in [6.07, 6.45) is 2.98. The fourth-order valence-electron chi connectivity index (χ4n) is 2.50. The molecule has 1 N–H and O–H groups in total. The van der Waals surface area contributed by atoms with Gasteiger partial charge >= 0.3 is 0 Å².